The molecule has 0 bridgehead atoms. The van der Waals surface area contributed by atoms with Gasteiger partial charge in [0.15, 0.2) is 0 Å². The van der Waals surface area contributed by atoms with Gasteiger partial charge < -0.3 is 15.2 Å². The van der Waals surface area contributed by atoms with E-state index in [0.29, 0.717) is 24.2 Å². The highest BCUT2D eigenvalue weighted by Crippen LogP contribution is 2.18. The largest absolute Gasteiger partial charge is 0.477 e. The fraction of sp³-hybridized carbons (Fsp3) is 0.545. The van der Waals surface area contributed by atoms with Crippen LogP contribution in [0.5, 0.6) is 5.88 Å². The van der Waals surface area contributed by atoms with Crippen LogP contribution in [-0.2, 0) is 4.74 Å². The Morgan fingerprint density at radius 3 is 3.11 bits per heavy atom. The third-order valence-electron chi connectivity index (χ3n) is 3.03. The minimum Gasteiger partial charge on any atom is -0.477 e. The summed E-state index contributed by atoms with van der Waals surface area (Å²) in [4.78, 5) is 8.05. The second kappa shape index (κ2) is 4.77. The van der Waals surface area contributed by atoms with Crippen LogP contribution in [-0.4, -0.2) is 39.4 Å². The Balaban J connectivity index is 1.73. The van der Waals surface area contributed by atoms with E-state index in [-0.39, 0.29) is 5.95 Å². The summed E-state index contributed by atoms with van der Waals surface area (Å²) in [6.07, 6.45) is 3.71. The SMILES string of the molecule is Nc1nc2nccc(OCC3CCOCC3)n2n1. The zero-order chi connectivity index (χ0) is 12.4. The van der Waals surface area contributed by atoms with Crippen LogP contribution < -0.4 is 10.5 Å². The molecule has 3 rings (SSSR count). The van der Waals surface area contributed by atoms with Crippen LogP contribution in [0.4, 0.5) is 5.95 Å². The number of nitrogens with zero attached hydrogens (tertiary/aromatic N) is 4. The molecular weight excluding hydrogens is 234 g/mol. The van der Waals surface area contributed by atoms with Gasteiger partial charge in [-0.3, -0.25) is 0 Å². The van der Waals surface area contributed by atoms with Crippen LogP contribution in [0.15, 0.2) is 12.3 Å². The molecule has 0 saturated carbocycles. The quantitative estimate of drug-likeness (QED) is 0.852. The molecular formula is C11H15N5O2. The maximum absolute atomic E-state index is 5.78. The highest BCUT2D eigenvalue weighted by Gasteiger charge is 2.15. The van der Waals surface area contributed by atoms with Gasteiger partial charge in [-0.05, 0) is 18.8 Å². The second-order valence-electron chi connectivity index (χ2n) is 4.33. The van der Waals surface area contributed by atoms with E-state index in [2.05, 4.69) is 15.1 Å². The number of nitrogens with two attached hydrogens (primary N) is 1. The molecule has 2 aromatic heterocycles. The molecule has 2 N–H and O–H groups in total. The Bertz CT molecular complexity index is 535. The predicted molar refractivity (Wildman–Crippen MR) is 64.2 cm³/mol. The third-order valence-corrected chi connectivity index (χ3v) is 3.03. The first-order valence-corrected chi connectivity index (χ1v) is 6.01. The van der Waals surface area contributed by atoms with Crippen LogP contribution in [0.25, 0.3) is 5.78 Å². The molecule has 0 unspecified atom stereocenters. The van der Waals surface area contributed by atoms with E-state index < -0.39 is 0 Å². The zero-order valence-corrected chi connectivity index (χ0v) is 9.95. The lowest BCUT2D eigenvalue weighted by Gasteiger charge is -2.21. The lowest BCUT2D eigenvalue weighted by molar-refractivity contribution is 0.0486. The first-order valence-electron chi connectivity index (χ1n) is 6.01. The number of ether oxygens (including phenoxy) is 2. The number of aromatic nitrogens is 4. The summed E-state index contributed by atoms with van der Waals surface area (Å²) >= 11 is 0. The summed E-state index contributed by atoms with van der Waals surface area (Å²) in [5, 5.41) is 4.05. The van der Waals surface area contributed by atoms with Gasteiger partial charge in [0.2, 0.25) is 11.8 Å². The Morgan fingerprint density at radius 2 is 2.28 bits per heavy atom. The van der Waals surface area contributed by atoms with E-state index in [1.54, 1.807) is 12.3 Å². The fourth-order valence-corrected chi connectivity index (χ4v) is 2.01. The normalized spacial score (nSPS) is 17.1. The topological polar surface area (TPSA) is 87.6 Å². The van der Waals surface area contributed by atoms with E-state index in [0.717, 1.165) is 26.1 Å². The number of anilines is 1. The minimum atomic E-state index is 0.199. The second-order valence-corrected chi connectivity index (χ2v) is 4.33. The van der Waals surface area contributed by atoms with Crippen molar-refractivity contribution in [2.75, 3.05) is 25.6 Å². The molecule has 1 aliphatic rings. The van der Waals surface area contributed by atoms with Gasteiger partial charge in [0.25, 0.3) is 5.78 Å². The first kappa shape index (κ1) is 11.2. The summed E-state index contributed by atoms with van der Waals surface area (Å²) in [6, 6.07) is 1.76. The van der Waals surface area contributed by atoms with Crippen molar-refractivity contribution >= 4 is 11.7 Å². The van der Waals surface area contributed by atoms with Crippen LogP contribution in [0.2, 0.25) is 0 Å². The van der Waals surface area contributed by atoms with Crippen molar-refractivity contribution in [1.29, 1.82) is 0 Å². The van der Waals surface area contributed by atoms with E-state index in [9.17, 15) is 0 Å². The van der Waals surface area contributed by atoms with E-state index >= 15 is 0 Å². The standard InChI is InChI=1S/C11H15N5O2/c12-10-14-11-13-4-1-9(16(11)15-10)18-7-8-2-5-17-6-3-8/h1,4,8H,2-3,5-7H2,(H2,12,15). The third kappa shape index (κ3) is 2.21. The van der Waals surface area contributed by atoms with Gasteiger partial charge in [-0.25, -0.2) is 4.98 Å². The van der Waals surface area contributed by atoms with Gasteiger partial charge >= 0.3 is 0 Å². The van der Waals surface area contributed by atoms with Gasteiger partial charge in [-0.2, -0.15) is 9.50 Å². The molecule has 1 saturated heterocycles. The molecule has 0 aliphatic carbocycles. The highest BCUT2D eigenvalue weighted by molar-refractivity contribution is 5.36. The van der Waals surface area contributed by atoms with E-state index in [1.807, 2.05) is 0 Å². The van der Waals surface area contributed by atoms with Crippen LogP contribution in [0.1, 0.15) is 12.8 Å². The summed E-state index contributed by atoms with van der Waals surface area (Å²) in [7, 11) is 0. The Kier molecular flexibility index (Phi) is 2.97. The Labute approximate surface area is 104 Å². The summed E-state index contributed by atoms with van der Waals surface area (Å²) in [5.41, 5.74) is 5.54. The van der Waals surface area contributed by atoms with Crippen molar-refractivity contribution < 1.29 is 9.47 Å². The van der Waals surface area contributed by atoms with Crippen LogP contribution in [0.3, 0.4) is 0 Å². The number of hydrogen-bond donors (Lipinski definition) is 1. The van der Waals surface area contributed by atoms with Crippen LogP contribution >= 0.6 is 0 Å². The Morgan fingerprint density at radius 1 is 1.44 bits per heavy atom. The predicted octanol–water partition coefficient (Wildman–Crippen LogP) is 0.512. The monoisotopic (exact) mass is 249 g/mol. The number of rotatable bonds is 3. The summed E-state index contributed by atoms with van der Waals surface area (Å²) in [6.45, 7) is 2.29. The fourth-order valence-electron chi connectivity index (χ4n) is 2.01. The summed E-state index contributed by atoms with van der Waals surface area (Å²) < 4.78 is 12.6. The maximum Gasteiger partial charge on any atom is 0.257 e. The van der Waals surface area contributed by atoms with Gasteiger partial charge in [0.1, 0.15) is 0 Å². The van der Waals surface area contributed by atoms with Crippen molar-refractivity contribution in [3.63, 3.8) is 0 Å². The molecule has 7 nitrogen and oxygen atoms in total. The van der Waals surface area contributed by atoms with Gasteiger partial charge in [-0.1, -0.05) is 0 Å². The van der Waals surface area contributed by atoms with Crippen molar-refractivity contribution in [3.05, 3.63) is 12.3 Å². The molecule has 0 spiro atoms. The average Bonchev–Trinajstić information content (AvgIpc) is 2.78. The number of fused-ring (bicyclic) bond motifs is 1. The van der Waals surface area contributed by atoms with Crippen molar-refractivity contribution in [1.82, 2.24) is 19.6 Å². The molecule has 7 heteroatoms. The number of nitrogen functional groups attached to an aromatic ring is 1. The molecule has 1 fully saturated rings. The van der Waals surface area contributed by atoms with Gasteiger partial charge in [0.05, 0.1) is 6.61 Å². The molecule has 96 valence electrons. The molecule has 3 heterocycles. The molecule has 18 heavy (non-hydrogen) atoms. The van der Waals surface area contributed by atoms with E-state index in [1.165, 1.54) is 4.52 Å². The van der Waals surface area contributed by atoms with Gasteiger partial charge in [0, 0.05) is 25.5 Å². The first-order chi connectivity index (χ1) is 8.83. The molecule has 0 atom stereocenters. The molecule has 2 aromatic rings. The number of hydrogen-bond acceptors (Lipinski definition) is 6. The Hall–Kier alpha value is -1.89. The average molecular weight is 249 g/mol. The van der Waals surface area contributed by atoms with Crippen molar-refractivity contribution in [2.45, 2.75) is 12.8 Å². The molecule has 0 aromatic carbocycles. The van der Waals surface area contributed by atoms with Crippen molar-refractivity contribution in [3.8, 4) is 5.88 Å². The minimum absolute atomic E-state index is 0.199. The smallest absolute Gasteiger partial charge is 0.257 e. The lowest BCUT2D eigenvalue weighted by Crippen LogP contribution is -2.22. The molecule has 0 radical (unpaired) electrons. The summed E-state index contributed by atoms with van der Waals surface area (Å²) in [5.74, 6) is 1.81. The van der Waals surface area contributed by atoms with Crippen molar-refractivity contribution in [2.24, 2.45) is 5.92 Å². The van der Waals surface area contributed by atoms with E-state index in [4.69, 9.17) is 15.2 Å². The molecule has 1 aliphatic heterocycles. The van der Waals surface area contributed by atoms with Gasteiger partial charge in [-0.15, -0.1) is 5.10 Å². The zero-order valence-electron chi connectivity index (χ0n) is 9.95. The van der Waals surface area contributed by atoms with Crippen LogP contribution in [0, 0.1) is 5.92 Å². The highest BCUT2D eigenvalue weighted by atomic mass is 16.5. The lowest BCUT2D eigenvalue weighted by atomic mass is 10.0. The maximum atomic E-state index is 5.78. The molecule has 0 amide bonds.